The van der Waals surface area contributed by atoms with Crippen LogP contribution in [0.25, 0.3) is 0 Å². The number of nitro groups is 1. The molecule has 0 radical (unpaired) electrons. The Labute approximate surface area is 112 Å². The Hall–Kier alpha value is -1.06. The first-order chi connectivity index (χ1) is 8.38. The van der Waals surface area contributed by atoms with Gasteiger partial charge in [0.2, 0.25) is 10.0 Å². The molecule has 1 aromatic carbocycles. The van der Waals surface area contributed by atoms with Crippen LogP contribution in [0.3, 0.4) is 0 Å². The largest absolute Gasteiger partial charge is 0.292 e. The van der Waals surface area contributed by atoms with Crippen LogP contribution in [-0.4, -0.2) is 25.2 Å². The van der Waals surface area contributed by atoms with E-state index in [-0.39, 0.29) is 6.54 Å². The number of benzene rings is 1. The zero-order valence-corrected chi connectivity index (χ0v) is 11.5. The molecule has 100 valence electrons. The molecule has 0 aliphatic carbocycles. The van der Waals surface area contributed by atoms with Crippen molar-refractivity contribution >= 4 is 31.6 Å². The van der Waals surface area contributed by atoms with Gasteiger partial charge in [0, 0.05) is 11.9 Å². The molecular weight excluding hydrogens is 331 g/mol. The predicted octanol–water partition coefficient (Wildman–Crippen LogP) is 1.80. The fourth-order valence-electron chi connectivity index (χ4n) is 1.21. The first kappa shape index (κ1) is 15.0. The molecule has 0 atom stereocenters. The standard InChI is InChI=1S/C9H10BrFN2O4S/c10-4-1-5-12-18(16,17)9-3-2-7(11)6-8(9)13(14)15/h2-3,6,12H,1,4-5H2. The summed E-state index contributed by atoms with van der Waals surface area (Å²) < 4.78 is 38.7. The number of hydrogen-bond donors (Lipinski definition) is 1. The highest BCUT2D eigenvalue weighted by atomic mass is 79.9. The second-order valence-corrected chi connectivity index (χ2v) is 5.84. The maximum absolute atomic E-state index is 12.9. The van der Waals surface area contributed by atoms with Gasteiger partial charge in [0.15, 0.2) is 4.90 Å². The van der Waals surface area contributed by atoms with Gasteiger partial charge in [-0.25, -0.2) is 17.5 Å². The van der Waals surface area contributed by atoms with Crippen LogP contribution in [-0.2, 0) is 10.0 Å². The zero-order valence-electron chi connectivity index (χ0n) is 9.10. The van der Waals surface area contributed by atoms with E-state index in [1.54, 1.807) is 0 Å². The normalized spacial score (nSPS) is 11.4. The molecule has 6 nitrogen and oxygen atoms in total. The molecule has 9 heteroatoms. The van der Waals surface area contributed by atoms with Crippen molar-refractivity contribution < 1.29 is 17.7 Å². The highest BCUT2D eigenvalue weighted by Crippen LogP contribution is 2.24. The number of alkyl halides is 1. The van der Waals surface area contributed by atoms with Crippen LogP contribution in [0.1, 0.15) is 6.42 Å². The van der Waals surface area contributed by atoms with Gasteiger partial charge in [-0.15, -0.1) is 0 Å². The average molecular weight is 341 g/mol. The number of rotatable bonds is 6. The highest BCUT2D eigenvalue weighted by molar-refractivity contribution is 9.09. The van der Waals surface area contributed by atoms with E-state index in [0.29, 0.717) is 17.8 Å². The van der Waals surface area contributed by atoms with E-state index in [0.717, 1.165) is 12.1 Å². The quantitative estimate of drug-likeness (QED) is 0.370. The van der Waals surface area contributed by atoms with Crippen molar-refractivity contribution in [1.82, 2.24) is 4.72 Å². The second kappa shape index (κ2) is 6.21. The number of sulfonamides is 1. The van der Waals surface area contributed by atoms with E-state index in [1.807, 2.05) is 0 Å². The van der Waals surface area contributed by atoms with Crippen LogP contribution >= 0.6 is 15.9 Å². The molecule has 0 amide bonds. The van der Waals surface area contributed by atoms with Crippen LogP contribution in [0.5, 0.6) is 0 Å². The lowest BCUT2D eigenvalue weighted by Crippen LogP contribution is -2.25. The summed E-state index contributed by atoms with van der Waals surface area (Å²) in [6, 6.07) is 2.33. The molecule has 0 saturated heterocycles. The first-order valence-electron chi connectivity index (χ1n) is 4.88. The Kier molecular flexibility index (Phi) is 5.17. The Bertz CT molecular complexity index is 549. The number of nitrogens with one attached hydrogen (secondary N) is 1. The van der Waals surface area contributed by atoms with E-state index in [4.69, 9.17) is 0 Å². The summed E-state index contributed by atoms with van der Waals surface area (Å²) >= 11 is 3.13. The lowest BCUT2D eigenvalue weighted by molar-refractivity contribution is -0.388. The first-order valence-corrected chi connectivity index (χ1v) is 7.48. The van der Waals surface area contributed by atoms with Crippen LogP contribution < -0.4 is 4.72 Å². The molecule has 1 aromatic rings. The Morgan fingerprint density at radius 1 is 1.44 bits per heavy atom. The van der Waals surface area contributed by atoms with Gasteiger partial charge in [0.1, 0.15) is 5.82 Å². The minimum Gasteiger partial charge on any atom is -0.258 e. The average Bonchev–Trinajstić information content (AvgIpc) is 2.28. The van der Waals surface area contributed by atoms with Crippen LogP contribution in [0.15, 0.2) is 23.1 Å². The molecule has 0 saturated carbocycles. The van der Waals surface area contributed by atoms with E-state index in [2.05, 4.69) is 20.7 Å². The third-order valence-corrected chi connectivity index (χ3v) is 4.08. The minimum atomic E-state index is -4.00. The van der Waals surface area contributed by atoms with Crippen molar-refractivity contribution in [3.8, 4) is 0 Å². The predicted molar refractivity (Wildman–Crippen MR) is 66.7 cm³/mol. The van der Waals surface area contributed by atoms with E-state index in [1.165, 1.54) is 0 Å². The summed E-state index contributed by atoms with van der Waals surface area (Å²) in [5, 5.41) is 11.3. The molecule has 0 spiro atoms. The number of nitrogens with zero attached hydrogens (tertiary/aromatic N) is 1. The fraction of sp³-hybridized carbons (Fsp3) is 0.333. The Morgan fingerprint density at radius 2 is 2.11 bits per heavy atom. The van der Waals surface area contributed by atoms with Gasteiger partial charge in [0.05, 0.1) is 11.0 Å². The molecule has 1 N–H and O–H groups in total. The van der Waals surface area contributed by atoms with Gasteiger partial charge in [-0.2, -0.15) is 0 Å². The van der Waals surface area contributed by atoms with Crippen molar-refractivity contribution in [1.29, 1.82) is 0 Å². The SMILES string of the molecule is O=[N+]([O-])c1cc(F)ccc1S(=O)(=O)NCCCBr. The molecule has 18 heavy (non-hydrogen) atoms. The highest BCUT2D eigenvalue weighted by Gasteiger charge is 2.25. The molecule has 0 aliphatic rings. The summed E-state index contributed by atoms with van der Waals surface area (Å²) in [7, 11) is -4.00. The third kappa shape index (κ3) is 3.72. The summed E-state index contributed by atoms with van der Waals surface area (Å²) in [4.78, 5) is 9.22. The maximum Gasteiger partial charge on any atom is 0.292 e. The molecule has 0 aliphatic heterocycles. The van der Waals surface area contributed by atoms with Crippen molar-refractivity contribution in [3.63, 3.8) is 0 Å². The van der Waals surface area contributed by atoms with Gasteiger partial charge < -0.3 is 0 Å². The molecular formula is C9H10BrFN2O4S. The molecule has 1 rings (SSSR count). The summed E-state index contributed by atoms with van der Waals surface area (Å²) in [6.07, 6.45) is 0.536. The number of nitro benzene ring substituents is 1. The van der Waals surface area contributed by atoms with Gasteiger partial charge in [-0.3, -0.25) is 10.1 Å². The van der Waals surface area contributed by atoms with E-state index < -0.39 is 31.3 Å². The van der Waals surface area contributed by atoms with Crippen LogP contribution in [0.4, 0.5) is 10.1 Å². The van der Waals surface area contributed by atoms with E-state index >= 15 is 0 Å². The molecule has 0 bridgehead atoms. The van der Waals surface area contributed by atoms with E-state index in [9.17, 15) is 22.9 Å². The summed E-state index contributed by atoms with van der Waals surface area (Å²) in [5.41, 5.74) is -0.777. The monoisotopic (exact) mass is 340 g/mol. The van der Waals surface area contributed by atoms with Crippen molar-refractivity contribution in [3.05, 3.63) is 34.1 Å². The molecule has 0 heterocycles. The summed E-state index contributed by atoms with van der Waals surface area (Å²) in [5.74, 6) is -0.860. The lowest BCUT2D eigenvalue weighted by Gasteiger charge is -2.06. The second-order valence-electron chi connectivity index (χ2n) is 3.31. The molecule has 0 fully saturated rings. The van der Waals surface area contributed by atoms with Crippen LogP contribution in [0, 0.1) is 15.9 Å². The smallest absolute Gasteiger partial charge is 0.258 e. The zero-order chi connectivity index (χ0) is 13.8. The van der Waals surface area contributed by atoms with Crippen molar-refractivity contribution in [2.24, 2.45) is 0 Å². The Balaban J connectivity index is 3.12. The lowest BCUT2D eigenvalue weighted by atomic mass is 10.3. The summed E-state index contributed by atoms with van der Waals surface area (Å²) in [6.45, 7) is 0.141. The van der Waals surface area contributed by atoms with Gasteiger partial charge >= 0.3 is 0 Å². The maximum atomic E-state index is 12.9. The van der Waals surface area contributed by atoms with Gasteiger partial charge in [0.25, 0.3) is 5.69 Å². The van der Waals surface area contributed by atoms with Gasteiger partial charge in [-0.1, -0.05) is 15.9 Å². The number of hydrogen-bond acceptors (Lipinski definition) is 4. The van der Waals surface area contributed by atoms with Crippen molar-refractivity contribution in [2.45, 2.75) is 11.3 Å². The minimum absolute atomic E-state index is 0.141. The fourth-order valence-corrected chi connectivity index (χ4v) is 2.72. The topological polar surface area (TPSA) is 89.3 Å². The Morgan fingerprint density at radius 3 is 2.67 bits per heavy atom. The van der Waals surface area contributed by atoms with Gasteiger partial charge in [-0.05, 0) is 18.6 Å². The third-order valence-electron chi connectivity index (χ3n) is 2.01. The van der Waals surface area contributed by atoms with Crippen LogP contribution in [0.2, 0.25) is 0 Å². The number of halogens is 2. The molecule has 0 unspecified atom stereocenters. The van der Waals surface area contributed by atoms with Crippen molar-refractivity contribution in [2.75, 3.05) is 11.9 Å². The molecule has 0 aromatic heterocycles.